The van der Waals surface area contributed by atoms with Crippen molar-refractivity contribution < 1.29 is 9.47 Å². The molecule has 0 bridgehead atoms. The Kier molecular flexibility index (Phi) is 17.0. The summed E-state index contributed by atoms with van der Waals surface area (Å²) in [6.07, 6.45) is 16.8. The van der Waals surface area contributed by atoms with Gasteiger partial charge in [-0.2, -0.15) is 0 Å². The number of unbranched alkanes of at least 4 members (excludes halogenated alkanes) is 4. The predicted molar refractivity (Wildman–Crippen MR) is 110 cm³/mol. The van der Waals surface area contributed by atoms with Crippen molar-refractivity contribution in [3.05, 3.63) is 12.3 Å². The molecule has 0 aromatic heterocycles. The maximum absolute atomic E-state index is 5.53. The third-order valence-electron chi connectivity index (χ3n) is 5.33. The van der Waals surface area contributed by atoms with Gasteiger partial charge in [-0.25, -0.2) is 0 Å². The van der Waals surface area contributed by atoms with Crippen molar-refractivity contribution in [2.75, 3.05) is 13.9 Å². The second kappa shape index (κ2) is 16.8. The van der Waals surface area contributed by atoms with Crippen molar-refractivity contribution in [3.63, 3.8) is 0 Å². The molecule has 24 heavy (non-hydrogen) atoms. The third-order valence-corrected chi connectivity index (χ3v) is 22.7. The third kappa shape index (κ3) is 10.3. The van der Waals surface area contributed by atoms with Crippen LogP contribution in [-0.4, -0.2) is 32.3 Å². The topological polar surface area (TPSA) is 18.5 Å². The molecule has 0 radical (unpaired) electrons. The van der Waals surface area contributed by atoms with Gasteiger partial charge in [0.05, 0.1) is 0 Å². The van der Waals surface area contributed by atoms with Gasteiger partial charge in [0.25, 0.3) is 0 Å². The zero-order valence-electron chi connectivity index (χ0n) is 17.2. The van der Waals surface area contributed by atoms with E-state index in [-0.39, 0.29) is 0 Å². The van der Waals surface area contributed by atoms with Gasteiger partial charge in [0.1, 0.15) is 0 Å². The van der Waals surface area contributed by atoms with Crippen LogP contribution >= 0.6 is 0 Å². The molecular weight excluding hydrogens is 403 g/mol. The molecule has 0 rings (SSSR count). The molecule has 0 saturated carbocycles. The second-order valence-electron chi connectivity index (χ2n) is 7.32. The van der Waals surface area contributed by atoms with E-state index in [1.807, 2.05) is 6.26 Å². The van der Waals surface area contributed by atoms with Gasteiger partial charge in [-0.05, 0) is 0 Å². The molecule has 0 fully saturated rings. The Morgan fingerprint density at radius 3 is 1.71 bits per heavy atom. The summed E-state index contributed by atoms with van der Waals surface area (Å²) in [4.78, 5) is 0. The van der Waals surface area contributed by atoms with Crippen LogP contribution in [0, 0.1) is 0 Å². The molecule has 0 aliphatic rings. The van der Waals surface area contributed by atoms with Crippen molar-refractivity contribution in [1.82, 2.24) is 0 Å². The first kappa shape index (κ1) is 24.3. The Bertz CT molecular complexity index is 270. The summed E-state index contributed by atoms with van der Waals surface area (Å²) in [7, 11) is 1.69. The van der Waals surface area contributed by atoms with E-state index >= 15 is 0 Å². The Morgan fingerprint density at radius 2 is 1.29 bits per heavy atom. The molecule has 0 amide bonds. The number of allylic oxidation sites excluding steroid dienone is 1. The number of ether oxygens (including phenoxy) is 2. The van der Waals surface area contributed by atoms with Crippen molar-refractivity contribution >= 4 is 18.4 Å². The quantitative estimate of drug-likeness (QED) is 0.0993. The van der Waals surface area contributed by atoms with E-state index in [1.165, 1.54) is 57.8 Å². The number of hydrogen-bond donors (Lipinski definition) is 0. The fraction of sp³-hybridized carbons (Fsp3) is 0.905. The summed E-state index contributed by atoms with van der Waals surface area (Å²) in [6.45, 7) is 9.76. The molecule has 0 aliphatic carbocycles. The first-order valence-corrected chi connectivity index (χ1v) is 18.2. The number of methoxy groups -OCH3 is 1. The number of hydrogen-bond acceptors (Lipinski definition) is 2. The molecule has 144 valence electrons. The van der Waals surface area contributed by atoms with Crippen LogP contribution in [0.4, 0.5) is 0 Å². The van der Waals surface area contributed by atoms with Gasteiger partial charge >= 0.3 is 157 Å². The summed E-state index contributed by atoms with van der Waals surface area (Å²) >= 11 is -2.19. The van der Waals surface area contributed by atoms with Crippen LogP contribution in [-0.2, 0) is 9.47 Å². The monoisotopic (exact) mass is 448 g/mol. The molecule has 0 aromatic carbocycles. The molecule has 0 spiro atoms. The zero-order valence-corrected chi connectivity index (χ0v) is 20.1. The fourth-order valence-electron chi connectivity index (χ4n) is 3.81. The standard InChI is InChI=1S/C9H17O2.3C4H9.Sn/c1-3-4-5-6-7-8-11-9-10-2;3*1-3-4-2;/h6-8H,3-5,9H2,1-2H3;3*1,3-4H2,2H3;/b8-7-;;;;. The van der Waals surface area contributed by atoms with E-state index in [0.717, 1.165) is 3.93 Å². The molecule has 0 saturated heterocycles. The van der Waals surface area contributed by atoms with E-state index < -0.39 is 18.4 Å². The molecule has 0 unspecified atom stereocenters. The SMILES string of the molecule is CCCC[C@@H](/C=C\OCOC)[Sn]([CH2]CCC)([CH2]CCC)[CH2]CCC. The van der Waals surface area contributed by atoms with E-state index in [4.69, 9.17) is 9.47 Å². The van der Waals surface area contributed by atoms with E-state index in [1.54, 1.807) is 20.4 Å². The van der Waals surface area contributed by atoms with Crippen LogP contribution in [0.5, 0.6) is 0 Å². The molecule has 0 aromatic rings. The molecule has 1 atom stereocenters. The minimum atomic E-state index is -2.19. The van der Waals surface area contributed by atoms with Gasteiger partial charge < -0.3 is 0 Å². The normalized spacial score (nSPS) is 13.5. The summed E-state index contributed by atoms with van der Waals surface area (Å²) in [5.41, 5.74) is 0. The average molecular weight is 447 g/mol. The fourth-order valence-corrected chi connectivity index (χ4v) is 21.9. The zero-order chi connectivity index (χ0) is 18.1. The molecule has 0 heterocycles. The van der Waals surface area contributed by atoms with E-state index in [2.05, 4.69) is 33.8 Å². The van der Waals surface area contributed by atoms with Gasteiger partial charge in [-0.15, -0.1) is 0 Å². The predicted octanol–water partition coefficient (Wildman–Crippen LogP) is 7.53. The van der Waals surface area contributed by atoms with Gasteiger partial charge in [-0.3, -0.25) is 0 Å². The maximum atomic E-state index is 5.53. The van der Waals surface area contributed by atoms with Crippen molar-refractivity contribution in [1.29, 1.82) is 0 Å². The molecule has 0 aliphatic heterocycles. The number of rotatable bonds is 17. The van der Waals surface area contributed by atoms with Crippen LogP contribution in [0.2, 0.25) is 17.2 Å². The van der Waals surface area contributed by atoms with Crippen molar-refractivity contribution in [2.45, 2.75) is 103 Å². The van der Waals surface area contributed by atoms with Gasteiger partial charge in [0.2, 0.25) is 0 Å². The van der Waals surface area contributed by atoms with Gasteiger partial charge in [0, 0.05) is 0 Å². The molecule has 2 nitrogen and oxygen atoms in total. The van der Waals surface area contributed by atoms with Crippen molar-refractivity contribution in [3.8, 4) is 0 Å². The minimum absolute atomic E-state index is 0.373. The Balaban J connectivity index is 5.30. The van der Waals surface area contributed by atoms with Crippen LogP contribution in [0.25, 0.3) is 0 Å². The van der Waals surface area contributed by atoms with Gasteiger partial charge in [0.15, 0.2) is 0 Å². The average Bonchev–Trinajstić information content (AvgIpc) is 2.61. The summed E-state index contributed by atoms with van der Waals surface area (Å²) < 4.78 is 16.1. The van der Waals surface area contributed by atoms with Crippen LogP contribution < -0.4 is 0 Å². The summed E-state index contributed by atoms with van der Waals surface area (Å²) in [5.74, 6) is 0. The Morgan fingerprint density at radius 1 is 0.792 bits per heavy atom. The van der Waals surface area contributed by atoms with Crippen LogP contribution in [0.15, 0.2) is 12.3 Å². The van der Waals surface area contributed by atoms with E-state index in [9.17, 15) is 0 Å². The molecular formula is C21H44O2Sn. The van der Waals surface area contributed by atoms with Crippen molar-refractivity contribution in [2.24, 2.45) is 0 Å². The Labute approximate surface area is 156 Å². The van der Waals surface area contributed by atoms with Crippen LogP contribution in [0.1, 0.15) is 85.5 Å². The summed E-state index contributed by atoms with van der Waals surface area (Å²) in [6, 6.07) is 0. The molecule has 3 heteroatoms. The summed E-state index contributed by atoms with van der Waals surface area (Å²) in [5, 5.41) is 0. The second-order valence-corrected chi connectivity index (χ2v) is 21.5. The van der Waals surface area contributed by atoms with Crippen LogP contribution in [0.3, 0.4) is 0 Å². The Hall–Kier alpha value is 0.299. The molecule has 0 N–H and O–H groups in total. The van der Waals surface area contributed by atoms with Gasteiger partial charge in [-0.1, -0.05) is 0 Å². The van der Waals surface area contributed by atoms with E-state index in [0.29, 0.717) is 6.79 Å². The first-order chi connectivity index (χ1) is 11.7. The first-order valence-electron chi connectivity index (χ1n) is 10.5.